The van der Waals surface area contributed by atoms with Crippen molar-refractivity contribution in [3.05, 3.63) is 28.1 Å². The van der Waals surface area contributed by atoms with Crippen molar-refractivity contribution in [2.45, 2.75) is 0 Å². The van der Waals surface area contributed by atoms with Gasteiger partial charge in [0, 0.05) is 16.9 Å². The fraction of sp³-hybridized carbons (Fsp3) is 0.182. The van der Waals surface area contributed by atoms with Crippen LogP contribution in [0.5, 0.6) is 5.75 Å². The van der Waals surface area contributed by atoms with Gasteiger partial charge in [-0.3, -0.25) is 4.79 Å². The van der Waals surface area contributed by atoms with Crippen LogP contribution in [0.25, 0.3) is 10.9 Å². The van der Waals surface area contributed by atoms with E-state index in [-0.39, 0.29) is 11.7 Å². The van der Waals surface area contributed by atoms with Crippen LogP contribution in [0, 0.1) is 5.82 Å². The quantitative estimate of drug-likeness (QED) is 0.895. The molecule has 1 aromatic carbocycles. The minimum Gasteiger partial charge on any atom is -0.492 e. The molecule has 0 unspecified atom stereocenters. The molecule has 0 radical (unpaired) electrons. The predicted octanol–water partition coefficient (Wildman–Crippen LogP) is 2.44. The average Bonchev–Trinajstić information content (AvgIpc) is 2.73. The average molecular weight is 301 g/mol. The fourth-order valence-corrected chi connectivity index (χ4v) is 2.17. The van der Waals surface area contributed by atoms with Gasteiger partial charge in [0.05, 0.1) is 12.6 Å². The number of methoxy groups -OCH3 is 1. The molecule has 0 aliphatic rings. The number of H-pyrrole nitrogens is 1. The summed E-state index contributed by atoms with van der Waals surface area (Å²) in [5.41, 5.74) is 0.810. The maximum Gasteiger partial charge on any atom is 0.267 e. The lowest BCUT2D eigenvalue weighted by Crippen LogP contribution is -2.17. The summed E-state index contributed by atoms with van der Waals surface area (Å²) in [6, 6.07) is 2.95. The van der Waals surface area contributed by atoms with E-state index in [4.69, 9.17) is 4.74 Å². The number of hydrogen-bond acceptors (Lipinski definition) is 2. The van der Waals surface area contributed by atoms with E-state index in [2.05, 4.69) is 26.2 Å². The third-order valence-corrected chi connectivity index (χ3v) is 3.10. The molecule has 0 saturated heterocycles. The van der Waals surface area contributed by atoms with Gasteiger partial charge in [-0.15, -0.1) is 0 Å². The number of aromatic nitrogens is 1. The van der Waals surface area contributed by atoms with Gasteiger partial charge in [0.25, 0.3) is 5.91 Å². The molecule has 0 atom stereocenters. The van der Waals surface area contributed by atoms with Gasteiger partial charge in [0.15, 0.2) is 11.6 Å². The number of fused-ring (bicyclic) bond motifs is 1. The van der Waals surface area contributed by atoms with Crippen LogP contribution in [0.1, 0.15) is 10.5 Å². The Balaban J connectivity index is 2.75. The summed E-state index contributed by atoms with van der Waals surface area (Å²) in [5, 5.41) is 3.19. The minimum absolute atomic E-state index is 0.0957. The summed E-state index contributed by atoms with van der Waals surface area (Å²) in [5.74, 6) is -0.661. The van der Waals surface area contributed by atoms with E-state index in [9.17, 15) is 9.18 Å². The Bertz CT molecular complexity index is 595. The van der Waals surface area contributed by atoms with Crippen molar-refractivity contribution < 1.29 is 13.9 Å². The van der Waals surface area contributed by atoms with Crippen LogP contribution in [0.4, 0.5) is 4.39 Å². The van der Waals surface area contributed by atoms with E-state index in [0.717, 1.165) is 0 Å². The Hall–Kier alpha value is -1.56. The van der Waals surface area contributed by atoms with E-state index in [1.165, 1.54) is 20.2 Å². The first-order chi connectivity index (χ1) is 8.08. The summed E-state index contributed by atoms with van der Waals surface area (Å²) in [7, 11) is 2.91. The molecule has 0 spiro atoms. The zero-order valence-corrected chi connectivity index (χ0v) is 10.8. The van der Waals surface area contributed by atoms with Gasteiger partial charge in [-0.05, 0) is 28.1 Å². The number of aromatic amines is 1. The molecule has 0 saturated carbocycles. The summed E-state index contributed by atoms with van der Waals surface area (Å²) in [6.45, 7) is 0. The molecule has 2 N–H and O–H groups in total. The highest BCUT2D eigenvalue weighted by Crippen LogP contribution is 2.34. The highest BCUT2D eigenvalue weighted by Gasteiger charge is 2.16. The van der Waals surface area contributed by atoms with Crippen LogP contribution in [0.3, 0.4) is 0 Å². The molecule has 0 bridgehead atoms. The first kappa shape index (κ1) is 11.9. The van der Waals surface area contributed by atoms with E-state index < -0.39 is 5.82 Å². The van der Waals surface area contributed by atoms with E-state index in [1.54, 1.807) is 6.07 Å². The molecule has 1 aromatic heterocycles. The lowest BCUT2D eigenvalue weighted by atomic mass is 10.2. The van der Waals surface area contributed by atoms with Gasteiger partial charge in [-0.25, -0.2) is 4.39 Å². The predicted molar refractivity (Wildman–Crippen MR) is 65.9 cm³/mol. The molecule has 4 nitrogen and oxygen atoms in total. The summed E-state index contributed by atoms with van der Waals surface area (Å²) in [6.07, 6.45) is 0. The number of ether oxygens (including phenoxy) is 1. The molecule has 0 fully saturated rings. The van der Waals surface area contributed by atoms with Crippen molar-refractivity contribution >= 4 is 32.7 Å². The Labute approximate surface area is 105 Å². The summed E-state index contributed by atoms with van der Waals surface area (Å²) in [4.78, 5) is 14.3. The number of benzene rings is 1. The van der Waals surface area contributed by atoms with Crippen LogP contribution in [0.2, 0.25) is 0 Å². The molecule has 1 heterocycles. The van der Waals surface area contributed by atoms with Crippen molar-refractivity contribution in [3.8, 4) is 5.75 Å². The second-order valence-corrected chi connectivity index (χ2v) is 4.28. The second kappa shape index (κ2) is 4.37. The summed E-state index contributed by atoms with van der Waals surface area (Å²) >= 11 is 3.25. The minimum atomic E-state index is -0.489. The molecular weight excluding hydrogens is 291 g/mol. The highest BCUT2D eigenvalue weighted by atomic mass is 79.9. The lowest BCUT2D eigenvalue weighted by Gasteiger charge is -2.04. The first-order valence-corrected chi connectivity index (χ1v) is 5.64. The van der Waals surface area contributed by atoms with Crippen LogP contribution in [-0.4, -0.2) is 25.0 Å². The van der Waals surface area contributed by atoms with E-state index in [0.29, 0.717) is 21.1 Å². The molecular formula is C11H10BrFN2O2. The number of carbonyl (C=O) groups is 1. The van der Waals surface area contributed by atoms with Gasteiger partial charge in [0.2, 0.25) is 0 Å². The molecule has 6 heteroatoms. The highest BCUT2D eigenvalue weighted by molar-refractivity contribution is 9.10. The van der Waals surface area contributed by atoms with Crippen LogP contribution in [-0.2, 0) is 0 Å². The van der Waals surface area contributed by atoms with E-state index >= 15 is 0 Å². The number of carbonyl (C=O) groups excluding carboxylic acids is 1. The Kier molecular flexibility index (Phi) is 3.06. The Morgan fingerprint density at radius 2 is 2.24 bits per heavy atom. The number of hydrogen-bond donors (Lipinski definition) is 2. The number of nitrogens with one attached hydrogen (secondary N) is 2. The third-order valence-electron chi connectivity index (χ3n) is 2.45. The third kappa shape index (κ3) is 1.88. The molecule has 0 aliphatic heterocycles. The van der Waals surface area contributed by atoms with Gasteiger partial charge < -0.3 is 15.0 Å². The Morgan fingerprint density at radius 1 is 1.53 bits per heavy atom. The maximum atomic E-state index is 13.6. The van der Waals surface area contributed by atoms with Crippen LogP contribution >= 0.6 is 15.9 Å². The van der Waals surface area contributed by atoms with E-state index in [1.807, 2.05) is 0 Å². The normalized spacial score (nSPS) is 10.6. The maximum absolute atomic E-state index is 13.6. The molecule has 0 aliphatic carbocycles. The molecule has 1 amide bonds. The summed E-state index contributed by atoms with van der Waals surface area (Å²) < 4.78 is 19.1. The van der Waals surface area contributed by atoms with Crippen LogP contribution < -0.4 is 10.1 Å². The van der Waals surface area contributed by atoms with Gasteiger partial charge in [-0.1, -0.05) is 0 Å². The standard InChI is InChI=1S/C11H10BrFN2O2/c1-14-11(16)8-3-5-6(12)4-7(13)10(17-2)9(5)15-8/h3-4,15H,1-2H3,(H,14,16). The van der Waals surface area contributed by atoms with Crippen molar-refractivity contribution in [3.63, 3.8) is 0 Å². The molecule has 90 valence electrons. The van der Waals surface area contributed by atoms with Crippen molar-refractivity contribution in [2.24, 2.45) is 0 Å². The first-order valence-electron chi connectivity index (χ1n) is 4.85. The lowest BCUT2D eigenvalue weighted by molar-refractivity contribution is 0.0959. The molecule has 17 heavy (non-hydrogen) atoms. The zero-order chi connectivity index (χ0) is 12.6. The largest absolute Gasteiger partial charge is 0.492 e. The number of halogens is 2. The topological polar surface area (TPSA) is 54.1 Å². The molecule has 2 rings (SSSR count). The van der Waals surface area contributed by atoms with Gasteiger partial charge in [0.1, 0.15) is 5.69 Å². The monoisotopic (exact) mass is 300 g/mol. The van der Waals surface area contributed by atoms with Gasteiger partial charge in [-0.2, -0.15) is 0 Å². The molecule has 2 aromatic rings. The van der Waals surface area contributed by atoms with Gasteiger partial charge >= 0.3 is 0 Å². The van der Waals surface area contributed by atoms with Crippen molar-refractivity contribution in [1.29, 1.82) is 0 Å². The van der Waals surface area contributed by atoms with Crippen molar-refractivity contribution in [2.75, 3.05) is 14.2 Å². The smallest absolute Gasteiger partial charge is 0.267 e. The number of amides is 1. The Morgan fingerprint density at radius 3 is 2.82 bits per heavy atom. The fourth-order valence-electron chi connectivity index (χ4n) is 1.65. The number of rotatable bonds is 2. The SMILES string of the molecule is CNC(=O)c1cc2c(Br)cc(F)c(OC)c2[nH]1. The van der Waals surface area contributed by atoms with Crippen LogP contribution in [0.15, 0.2) is 16.6 Å². The zero-order valence-electron chi connectivity index (χ0n) is 9.23. The van der Waals surface area contributed by atoms with Crippen molar-refractivity contribution in [1.82, 2.24) is 10.3 Å². The second-order valence-electron chi connectivity index (χ2n) is 3.42.